The molecular formula is C15H18BrN3. The summed E-state index contributed by atoms with van der Waals surface area (Å²) in [6.07, 6.45) is 3.96. The van der Waals surface area contributed by atoms with Crippen LogP contribution in [0.3, 0.4) is 0 Å². The van der Waals surface area contributed by atoms with Gasteiger partial charge >= 0.3 is 0 Å². The number of aromatic nitrogens is 1. The minimum absolute atomic E-state index is 0.666. The molecule has 0 bridgehead atoms. The molecule has 1 aromatic carbocycles. The van der Waals surface area contributed by atoms with E-state index in [1.165, 1.54) is 0 Å². The van der Waals surface area contributed by atoms with Gasteiger partial charge in [-0.15, -0.1) is 0 Å². The molecule has 1 aromatic heterocycles. The Labute approximate surface area is 122 Å². The van der Waals surface area contributed by atoms with Crippen LogP contribution in [0.15, 0.2) is 47.1 Å². The minimum Gasteiger partial charge on any atom is -0.397 e. The fraction of sp³-hybridized carbons (Fsp3) is 0.267. The van der Waals surface area contributed by atoms with Gasteiger partial charge in [-0.3, -0.25) is 0 Å². The topological polar surface area (TPSA) is 42.2 Å². The molecular weight excluding hydrogens is 302 g/mol. The van der Waals surface area contributed by atoms with Crippen molar-refractivity contribution in [1.82, 2.24) is 4.98 Å². The molecule has 0 amide bonds. The maximum absolute atomic E-state index is 5.76. The number of benzene rings is 1. The lowest BCUT2D eigenvalue weighted by Gasteiger charge is -2.24. The first-order chi connectivity index (χ1) is 9.22. The van der Waals surface area contributed by atoms with Crippen LogP contribution in [0, 0.1) is 0 Å². The van der Waals surface area contributed by atoms with E-state index >= 15 is 0 Å². The highest BCUT2D eigenvalue weighted by Gasteiger charge is 2.13. The van der Waals surface area contributed by atoms with Crippen LogP contribution >= 0.6 is 15.9 Å². The lowest BCUT2D eigenvalue weighted by Crippen LogP contribution is -2.20. The number of halogens is 1. The zero-order chi connectivity index (χ0) is 13.7. The van der Waals surface area contributed by atoms with E-state index in [1.807, 2.05) is 24.3 Å². The van der Waals surface area contributed by atoms with Crippen molar-refractivity contribution >= 4 is 33.1 Å². The second-order valence-corrected chi connectivity index (χ2v) is 5.27. The molecule has 0 atom stereocenters. The fourth-order valence-electron chi connectivity index (χ4n) is 1.93. The van der Waals surface area contributed by atoms with E-state index in [4.69, 9.17) is 5.73 Å². The zero-order valence-corrected chi connectivity index (χ0v) is 12.6. The Hall–Kier alpha value is -1.55. The normalized spacial score (nSPS) is 10.4. The molecule has 0 radical (unpaired) electrons. The van der Waals surface area contributed by atoms with Gasteiger partial charge in [-0.25, -0.2) is 4.98 Å². The van der Waals surface area contributed by atoms with Crippen molar-refractivity contribution in [3.05, 3.63) is 47.1 Å². The monoisotopic (exact) mass is 319 g/mol. The molecule has 0 aliphatic heterocycles. The molecule has 4 heteroatoms. The van der Waals surface area contributed by atoms with Gasteiger partial charge in [0, 0.05) is 12.2 Å². The number of pyridine rings is 1. The summed E-state index contributed by atoms with van der Waals surface area (Å²) in [5.74, 6) is 0.911. The SMILES string of the molecule is CCCCN(c1ccccc1)c1ncc(N)cc1Br. The molecule has 0 aliphatic carbocycles. The van der Waals surface area contributed by atoms with E-state index in [9.17, 15) is 0 Å². The molecule has 0 saturated heterocycles. The van der Waals surface area contributed by atoms with E-state index in [1.54, 1.807) is 6.20 Å². The van der Waals surface area contributed by atoms with Crippen molar-refractivity contribution in [3.8, 4) is 0 Å². The van der Waals surface area contributed by atoms with E-state index in [-0.39, 0.29) is 0 Å². The number of rotatable bonds is 5. The van der Waals surface area contributed by atoms with Gasteiger partial charge in [0.05, 0.1) is 16.4 Å². The van der Waals surface area contributed by atoms with E-state index < -0.39 is 0 Å². The second kappa shape index (κ2) is 6.57. The van der Waals surface area contributed by atoms with Crippen molar-refractivity contribution in [3.63, 3.8) is 0 Å². The summed E-state index contributed by atoms with van der Waals surface area (Å²) in [5, 5.41) is 0. The van der Waals surface area contributed by atoms with Crippen molar-refractivity contribution in [2.45, 2.75) is 19.8 Å². The zero-order valence-electron chi connectivity index (χ0n) is 11.0. The number of hydrogen-bond donors (Lipinski definition) is 1. The fourth-order valence-corrected chi connectivity index (χ4v) is 2.51. The molecule has 100 valence electrons. The first-order valence-electron chi connectivity index (χ1n) is 6.46. The summed E-state index contributed by atoms with van der Waals surface area (Å²) in [4.78, 5) is 6.68. The van der Waals surface area contributed by atoms with Crippen LogP contribution in [0.2, 0.25) is 0 Å². The third-order valence-corrected chi connectivity index (χ3v) is 3.49. The molecule has 3 nitrogen and oxygen atoms in total. The van der Waals surface area contributed by atoms with E-state index in [2.05, 4.69) is 44.9 Å². The lowest BCUT2D eigenvalue weighted by molar-refractivity contribution is 0.778. The third-order valence-electron chi connectivity index (χ3n) is 2.90. The van der Waals surface area contributed by atoms with Crippen molar-refractivity contribution in [2.75, 3.05) is 17.2 Å². The molecule has 0 fully saturated rings. The number of unbranched alkanes of at least 4 members (excludes halogenated alkanes) is 1. The van der Waals surface area contributed by atoms with Crippen molar-refractivity contribution < 1.29 is 0 Å². The third kappa shape index (κ3) is 3.47. The largest absolute Gasteiger partial charge is 0.397 e. The summed E-state index contributed by atoms with van der Waals surface area (Å²) in [7, 11) is 0. The van der Waals surface area contributed by atoms with Gasteiger partial charge in [0.15, 0.2) is 0 Å². The van der Waals surface area contributed by atoms with Gasteiger partial charge in [-0.05, 0) is 40.5 Å². The highest BCUT2D eigenvalue weighted by atomic mass is 79.9. The molecule has 0 unspecified atom stereocenters. The van der Waals surface area contributed by atoms with Crippen LogP contribution in [0.1, 0.15) is 19.8 Å². The van der Waals surface area contributed by atoms with Crippen LogP contribution in [0.4, 0.5) is 17.2 Å². The molecule has 0 saturated carbocycles. The summed E-state index contributed by atoms with van der Waals surface area (Å²) >= 11 is 3.55. The first kappa shape index (κ1) is 13.9. The van der Waals surface area contributed by atoms with Crippen LogP contribution in [-0.2, 0) is 0 Å². The van der Waals surface area contributed by atoms with Crippen LogP contribution in [0.5, 0.6) is 0 Å². The summed E-state index contributed by atoms with van der Waals surface area (Å²) < 4.78 is 0.924. The van der Waals surface area contributed by atoms with Crippen LogP contribution < -0.4 is 10.6 Å². The molecule has 0 spiro atoms. The predicted molar refractivity (Wildman–Crippen MR) is 84.7 cm³/mol. The molecule has 2 rings (SSSR count). The number of anilines is 3. The van der Waals surface area contributed by atoms with Crippen molar-refractivity contribution in [2.24, 2.45) is 0 Å². The lowest BCUT2D eigenvalue weighted by atomic mass is 10.2. The van der Waals surface area contributed by atoms with Gasteiger partial charge in [-0.1, -0.05) is 31.5 Å². The number of hydrogen-bond acceptors (Lipinski definition) is 3. The molecule has 0 aliphatic rings. The molecule has 19 heavy (non-hydrogen) atoms. The number of nitrogens with two attached hydrogens (primary N) is 1. The van der Waals surface area contributed by atoms with Crippen LogP contribution in [0.25, 0.3) is 0 Å². The maximum Gasteiger partial charge on any atom is 0.147 e. The first-order valence-corrected chi connectivity index (χ1v) is 7.25. The molecule has 2 aromatic rings. The summed E-state index contributed by atoms with van der Waals surface area (Å²) in [5.41, 5.74) is 7.57. The summed E-state index contributed by atoms with van der Waals surface area (Å²) in [6.45, 7) is 3.13. The quantitative estimate of drug-likeness (QED) is 0.890. The average Bonchev–Trinajstić information content (AvgIpc) is 2.42. The Bertz CT molecular complexity index is 528. The van der Waals surface area contributed by atoms with Gasteiger partial charge in [0.2, 0.25) is 0 Å². The number of nitrogen functional groups attached to an aromatic ring is 1. The van der Waals surface area contributed by atoms with E-state index in [0.29, 0.717) is 5.69 Å². The van der Waals surface area contributed by atoms with Crippen LogP contribution in [-0.4, -0.2) is 11.5 Å². The Balaban J connectivity index is 2.37. The highest BCUT2D eigenvalue weighted by Crippen LogP contribution is 2.31. The summed E-state index contributed by atoms with van der Waals surface area (Å²) in [6, 6.07) is 12.2. The Morgan fingerprint density at radius 3 is 2.63 bits per heavy atom. The maximum atomic E-state index is 5.76. The number of nitrogens with zero attached hydrogens (tertiary/aromatic N) is 2. The smallest absolute Gasteiger partial charge is 0.147 e. The van der Waals surface area contributed by atoms with E-state index in [0.717, 1.165) is 35.4 Å². The average molecular weight is 320 g/mol. The molecule has 2 N–H and O–H groups in total. The van der Waals surface area contributed by atoms with Crippen molar-refractivity contribution in [1.29, 1.82) is 0 Å². The minimum atomic E-state index is 0.666. The molecule has 1 heterocycles. The Morgan fingerprint density at radius 2 is 2.00 bits per heavy atom. The Kier molecular flexibility index (Phi) is 4.80. The predicted octanol–water partition coefficient (Wildman–Crippen LogP) is 4.36. The Morgan fingerprint density at radius 1 is 1.26 bits per heavy atom. The van der Waals surface area contributed by atoms with Gasteiger partial charge in [0.25, 0.3) is 0 Å². The van der Waals surface area contributed by atoms with Gasteiger partial charge in [0.1, 0.15) is 5.82 Å². The van der Waals surface area contributed by atoms with Gasteiger partial charge in [-0.2, -0.15) is 0 Å². The van der Waals surface area contributed by atoms with Gasteiger partial charge < -0.3 is 10.6 Å². The highest BCUT2D eigenvalue weighted by molar-refractivity contribution is 9.10. The second-order valence-electron chi connectivity index (χ2n) is 4.41. The number of para-hydroxylation sites is 1. The standard InChI is InChI=1S/C15H18BrN3/c1-2-3-9-19(13-7-5-4-6-8-13)15-14(16)10-12(17)11-18-15/h4-8,10-11H,2-3,9,17H2,1H3.